The van der Waals surface area contributed by atoms with E-state index in [1.165, 1.54) is 11.1 Å². The Morgan fingerprint density at radius 1 is 1.38 bits per heavy atom. The van der Waals surface area contributed by atoms with E-state index in [2.05, 4.69) is 13.0 Å². The van der Waals surface area contributed by atoms with Crippen LogP contribution in [0, 0.1) is 6.92 Å². The summed E-state index contributed by atoms with van der Waals surface area (Å²) in [5, 5.41) is 8.69. The van der Waals surface area contributed by atoms with Gasteiger partial charge in [-0.05, 0) is 43.0 Å². The van der Waals surface area contributed by atoms with Crippen LogP contribution in [-0.2, 0) is 6.42 Å². The van der Waals surface area contributed by atoms with E-state index < -0.39 is 0 Å². The topological polar surface area (TPSA) is 29.5 Å². The molecule has 0 unspecified atom stereocenters. The first kappa shape index (κ1) is 10.1. The third kappa shape index (κ3) is 2.74. The first-order chi connectivity index (χ1) is 6.27. The van der Waals surface area contributed by atoms with E-state index in [0.717, 1.165) is 18.6 Å². The lowest BCUT2D eigenvalue weighted by atomic mass is 10.0. The van der Waals surface area contributed by atoms with Crippen molar-refractivity contribution < 1.29 is 9.84 Å². The van der Waals surface area contributed by atoms with Gasteiger partial charge in [-0.15, -0.1) is 0 Å². The Morgan fingerprint density at radius 2 is 2.15 bits per heavy atom. The molecule has 1 aromatic rings. The maximum Gasteiger partial charge on any atom is 0.119 e. The van der Waals surface area contributed by atoms with Gasteiger partial charge in [0.25, 0.3) is 0 Å². The Morgan fingerprint density at radius 3 is 2.69 bits per heavy atom. The van der Waals surface area contributed by atoms with Gasteiger partial charge in [-0.3, -0.25) is 0 Å². The van der Waals surface area contributed by atoms with Crippen LogP contribution in [0.2, 0.25) is 0 Å². The van der Waals surface area contributed by atoms with Gasteiger partial charge in [0.15, 0.2) is 0 Å². The molecule has 0 fully saturated rings. The molecule has 0 aliphatic rings. The number of ether oxygens (including phenoxy) is 1. The molecule has 0 atom stereocenters. The number of benzene rings is 1. The summed E-state index contributed by atoms with van der Waals surface area (Å²) in [6.07, 6.45) is 1.76. The predicted molar refractivity (Wildman–Crippen MR) is 53.1 cm³/mol. The standard InChI is InChI=1S/C11H16O2/c1-9-8-11(13-2)6-5-10(9)4-3-7-12/h5-6,8,12H,3-4,7H2,1-2H3. The van der Waals surface area contributed by atoms with Crippen LogP contribution in [0.25, 0.3) is 0 Å². The summed E-state index contributed by atoms with van der Waals surface area (Å²) in [6.45, 7) is 2.32. The molecule has 1 aromatic carbocycles. The Balaban J connectivity index is 2.73. The molecule has 0 amide bonds. The number of hydrogen-bond acceptors (Lipinski definition) is 2. The zero-order chi connectivity index (χ0) is 9.68. The summed E-state index contributed by atoms with van der Waals surface area (Å²) in [4.78, 5) is 0. The van der Waals surface area contributed by atoms with Crippen LogP contribution in [0.5, 0.6) is 5.75 Å². The Bertz CT molecular complexity index is 269. The lowest BCUT2D eigenvalue weighted by Crippen LogP contribution is -1.93. The van der Waals surface area contributed by atoms with Gasteiger partial charge in [-0.25, -0.2) is 0 Å². The monoisotopic (exact) mass is 180 g/mol. The lowest BCUT2D eigenvalue weighted by Gasteiger charge is -2.06. The van der Waals surface area contributed by atoms with Gasteiger partial charge in [0.2, 0.25) is 0 Å². The van der Waals surface area contributed by atoms with Gasteiger partial charge in [0, 0.05) is 6.61 Å². The number of rotatable bonds is 4. The predicted octanol–water partition coefficient (Wildman–Crippen LogP) is 1.93. The van der Waals surface area contributed by atoms with E-state index in [1.807, 2.05) is 12.1 Å². The van der Waals surface area contributed by atoms with Crippen molar-refractivity contribution in [1.29, 1.82) is 0 Å². The zero-order valence-electron chi connectivity index (χ0n) is 8.21. The number of aryl methyl sites for hydroxylation is 2. The summed E-state index contributed by atoms with van der Waals surface area (Å²) in [7, 11) is 1.67. The molecule has 0 saturated heterocycles. The zero-order valence-corrected chi connectivity index (χ0v) is 8.21. The second-order valence-corrected chi connectivity index (χ2v) is 3.12. The molecule has 0 aromatic heterocycles. The Kier molecular flexibility index (Phi) is 3.77. The molecule has 0 aliphatic carbocycles. The second kappa shape index (κ2) is 4.87. The van der Waals surface area contributed by atoms with Crippen molar-refractivity contribution in [2.75, 3.05) is 13.7 Å². The molecule has 0 radical (unpaired) electrons. The van der Waals surface area contributed by atoms with Crippen molar-refractivity contribution in [1.82, 2.24) is 0 Å². The largest absolute Gasteiger partial charge is 0.497 e. The van der Waals surface area contributed by atoms with Crippen LogP contribution >= 0.6 is 0 Å². The average Bonchev–Trinajstić information content (AvgIpc) is 2.16. The third-order valence-electron chi connectivity index (χ3n) is 2.15. The van der Waals surface area contributed by atoms with Crippen LogP contribution < -0.4 is 4.74 Å². The molecule has 0 saturated carbocycles. The van der Waals surface area contributed by atoms with Crippen molar-refractivity contribution in [2.45, 2.75) is 19.8 Å². The van der Waals surface area contributed by atoms with Crippen LogP contribution in [0.1, 0.15) is 17.5 Å². The highest BCUT2D eigenvalue weighted by molar-refractivity contribution is 5.34. The molecule has 72 valence electrons. The molecular weight excluding hydrogens is 164 g/mol. The second-order valence-electron chi connectivity index (χ2n) is 3.12. The summed E-state index contributed by atoms with van der Waals surface area (Å²) in [6, 6.07) is 6.04. The number of aliphatic hydroxyl groups excluding tert-OH is 1. The molecule has 2 heteroatoms. The van der Waals surface area contributed by atoms with E-state index in [1.54, 1.807) is 7.11 Å². The lowest BCUT2D eigenvalue weighted by molar-refractivity contribution is 0.288. The fourth-order valence-corrected chi connectivity index (χ4v) is 1.35. The fraction of sp³-hybridized carbons (Fsp3) is 0.455. The first-order valence-electron chi connectivity index (χ1n) is 4.52. The Labute approximate surface area is 79.2 Å². The summed E-state index contributed by atoms with van der Waals surface area (Å²) >= 11 is 0. The van der Waals surface area contributed by atoms with Crippen molar-refractivity contribution >= 4 is 0 Å². The number of hydrogen-bond donors (Lipinski definition) is 1. The molecule has 0 heterocycles. The minimum atomic E-state index is 0.255. The van der Waals surface area contributed by atoms with Gasteiger partial charge in [-0.2, -0.15) is 0 Å². The van der Waals surface area contributed by atoms with Crippen LogP contribution in [-0.4, -0.2) is 18.8 Å². The fourth-order valence-electron chi connectivity index (χ4n) is 1.35. The van der Waals surface area contributed by atoms with Gasteiger partial charge in [0.05, 0.1) is 7.11 Å². The molecule has 0 spiro atoms. The van der Waals surface area contributed by atoms with Crippen LogP contribution in [0.15, 0.2) is 18.2 Å². The van der Waals surface area contributed by atoms with Gasteiger partial charge in [-0.1, -0.05) is 6.07 Å². The minimum Gasteiger partial charge on any atom is -0.497 e. The minimum absolute atomic E-state index is 0.255. The quantitative estimate of drug-likeness (QED) is 0.767. The highest BCUT2D eigenvalue weighted by Gasteiger charge is 1.99. The summed E-state index contributed by atoms with van der Waals surface area (Å²) < 4.78 is 5.11. The third-order valence-corrected chi connectivity index (χ3v) is 2.15. The molecule has 1 N–H and O–H groups in total. The van der Waals surface area contributed by atoms with Crippen molar-refractivity contribution in [3.8, 4) is 5.75 Å². The Hall–Kier alpha value is -1.02. The highest BCUT2D eigenvalue weighted by atomic mass is 16.5. The van der Waals surface area contributed by atoms with E-state index in [4.69, 9.17) is 9.84 Å². The van der Waals surface area contributed by atoms with E-state index in [0.29, 0.717) is 0 Å². The number of methoxy groups -OCH3 is 1. The first-order valence-corrected chi connectivity index (χ1v) is 4.52. The molecule has 13 heavy (non-hydrogen) atoms. The van der Waals surface area contributed by atoms with Gasteiger partial charge >= 0.3 is 0 Å². The smallest absolute Gasteiger partial charge is 0.119 e. The SMILES string of the molecule is COc1ccc(CCCO)c(C)c1. The molecular formula is C11H16O2. The van der Waals surface area contributed by atoms with Crippen molar-refractivity contribution in [2.24, 2.45) is 0 Å². The maximum atomic E-state index is 8.69. The summed E-state index contributed by atoms with van der Waals surface area (Å²) in [5.41, 5.74) is 2.52. The van der Waals surface area contributed by atoms with E-state index in [9.17, 15) is 0 Å². The molecule has 2 nitrogen and oxygen atoms in total. The average molecular weight is 180 g/mol. The van der Waals surface area contributed by atoms with Gasteiger partial charge < -0.3 is 9.84 Å². The van der Waals surface area contributed by atoms with E-state index in [-0.39, 0.29) is 6.61 Å². The normalized spacial score (nSPS) is 10.1. The van der Waals surface area contributed by atoms with E-state index >= 15 is 0 Å². The molecule has 0 bridgehead atoms. The molecule has 0 aliphatic heterocycles. The number of aliphatic hydroxyl groups is 1. The highest BCUT2D eigenvalue weighted by Crippen LogP contribution is 2.17. The van der Waals surface area contributed by atoms with Crippen molar-refractivity contribution in [3.05, 3.63) is 29.3 Å². The summed E-state index contributed by atoms with van der Waals surface area (Å²) in [5.74, 6) is 0.894. The van der Waals surface area contributed by atoms with Gasteiger partial charge in [0.1, 0.15) is 5.75 Å². The van der Waals surface area contributed by atoms with Crippen LogP contribution in [0.4, 0.5) is 0 Å². The van der Waals surface area contributed by atoms with Crippen LogP contribution in [0.3, 0.4) is 0 Å². The maximum absolute atomic E-state index is 8.69. The van der Waals surface area contributed by atoms with Crippen molar-refractivity contribution in [3.63, 3.8) is 0 Å². The molecule has 1 rings (SSSR count).